The maximum Gasteiger partial charge on any atom is 0.258 e. The third kappa shape index (κ3) is 4.22. The maximum atomic E-state index is 13.9. The average molecular weight is 383 g/mol. The molecule has 5 nitrogen and oxygen atoms in total. The molecule has 1 heterocycles. The van der Waals surface area contributed by atoms with Crippen LogP contribution in [0.5, 0.6) is 0 Å². The standard InChI is InChI=1S/C22H26FN3O2/c1-14-10-11-16(22(28)26-12-6-5-9-20(26)15(2)24)13-19(14)25-21(27)17-7-3-4-8-18(17)23/h3-4,7-8,10-11,13,15,20H,5-6,9,12,24H2,1-2H3,(H,25,27). The van der Waals surface area contributed by atoms with Crippen LogP contribution in [0.2, 0.25) is 0 Å². The number of benzene rings is 2. The van der Waals surface area contributed by atoms with Crippen LogP contribution in [-0.4, -0.2) is 35.3 Å². The molecule has 0 saturated carbocycles. The highest BCUT2D eigenvalue weighted by molar-refractivity contribution is 6.05. The lowest BCUT2D eigenvalue weighted by Gasteiger charge is -2.38. The Bertz CT molecular complexity index is 882. The van der Waals surface area contributed by atoms with Gasteiger partial charge in [-0.1, -0.05) is 18.2 Å². The van der Waals surface area contributed by atoms with E-state index in [4.69, 9.17) is 5.73 Å². The molecule has 148 valence electrons. The van der Waals surface area contributed by atoms with Crippen LogP contribution in [0.25, 0.3) is 0 Å². The first-order chi connectivity index (χ1) is 13.4. The van der Waals surface area contributed by atoms with E-state index in [2.05, 4.69) is 5.32 Å². The summed E-state index contributed by atoms with van der Waals surface area (Å²) < 4.78 is 13.9. The number of hydrogen-bond acceptors (Lipinski definition) is 3. The lowest BCUT2D eigenvalue weighted by molar-refractivity contribution is 0.0583. The summed E-state index contributed by atoms with van der Waals surface area (Å²) in [6.07, 6.45) is 2.91. The highest BCUT2D eigenvalue weighted by Crippen LogP contribution is 2.24. The normalized spacial score (nSPS) is 17.9. The van der Waals surface area contributed by atoms with Crippen molar-refractivity contribution >= 4 is 17.5 Å². The number of likely N-dealkylation sites (tertiary alicyclic amines) is 1. The Balaban J connectivity index is 1.84. The number of halogens is 1. The van der Waals surface area contributed by atoms with Gasteiger partial charge in [-0.15, -0.1) is 0 Å². The van der Waals surface area contributed by atoms with Gasteiger partial charge in [0.1, 0.15) is 5.82 Å². The van der Waals surface area contributed by atoms with Gasteiger partial charge in [-0.3, -0.25) is 9.59 Å². The van der Waals surface area contributed by atoms with E-state index in [1.54, 1.807) is 24.3 Å². The molecular weight excluding hydrogens is 357 g/mol. The maximum absolute atomic E-state index is 13.9. The zero-order valence-electron chi connectivity index (χ0n) is 16.2. The van der Waals surface area contributed by atoms with Crippen molar-refractivity contribution in [1.82, 2.24) is 4.90 Å². The van der Waals surface area contributed by atoms with E-state index in [9.17, 15) is 14.0 Å². The summed E-state index contributed by atoms with van der Waals surface area (Å²) in [4.78, 5) is 27.4. The van der Waals surface area contributed by atoms with Gasteiger partial charge >= 0.3 is 0 Å². The molecule has 2 amide bonds. The van der Waals surface area contributed by atoms with Gasteiger partial charge in [-0.25, -0.2) is 4.39 Å². The second kappa shape index (κ2) is 8.52. The Morgan fingerprint density at radius 2 is 1.96 bits per heavy atom. The zero-order valence-corrected chi connectivity index (χ0v) is 16.2. The fourth-order valence-electron chi connectivity index (χ4n) is 3.65. The number of carbonyl (C=O) groups excluding carboxylic acids is 2. The summed E-state index contributed by atoms with van der Waals surface area (Å²) in [5, 5.41) is 2.73. The third-order valence-electron chi connectivity index (χ3n) is 5.27. The quantitative estimate of drug-likeness (QED) is 0.845. The van der Waals surface area contributed by atoms with Gasteiger partial charge in [0.25, 0.3) is 11.8 Å². The van der Waals surface area contributed by atoms with Crippen molar-refractivity contribution in [1.29, 1.82) is 0 Å². The number of carbonyl (C=O) groups is 2. The van der Waals surface area contributed by atoms with E-state index in [0.29, 0.717) is 17.8 Å². The van der Waals surface area contributed by atoms with Gasteiger partial charge in [0.2, 0.25) is 0 Å². The Hall–Kier alpha value is -2.73. The van der Waals surface area contributed by atoms with Crippen LogP contribution in [0, 0.1) is 12.7 Å². The monoisotopic (exact) mass is 383 g/mol. The molecular formula is C22H26FN3O2. The fourth-order valence-corrected chi connectivity index (χ4v) is 3.65. The molecule has 0 aromatic heterocycles. The fraction of sp³-hybridized carbons (Fsp3) is 0.364. The number of rotatable bonds is 4. The first kappa shape index (κ1) is 20.0. The van der Waals surface area contributed by atoms with Crippen LogP contribution in [0.1, 0.15) is 52.5 Å². The predicted octanol–water partition coefficient (Wildman–Crippen LogP) is 3.73. The minimum Gasteiger partial charge on any atom is -0.334 e. The largest absolute Gasteiger partial charge is 0.334 e. The number of nitrogens with one attached hydrogen (secondary N) is 1. The highest BCUT2D eigenvalue weighted by atomic mass is 19.1. The number of hydrogen-bond donors (Lipinski definition) is 2. The Morgan fingerprint density at radius 1 is 1.21 bits per heavy atom. The summed E-state index contributed by atoms with van der Waals surface area (Å²) in [5.41, 5.74) is 7.83. The highest BCUT2D eigenvalue weighted by Gasteiger charge is 2.30. The van der Waals surface area contributed by atoms with E-state index in [1.165, 1.54) is 18.2 Å². The number of amides is 2. The van der Waals surface area contributed by atoms with Crippen LogP contribution in [-0.2, 0) is 0 Å². The zero-order chi connectivity index (χ0) is 20.3. The van der Waals surface area contributed by atoms with Crippen molar-refractivity contribution in [2.45, 2.75) is 45.2 Å². The molecule has 1 saturated heterocycles. The van der Waals surface area contributed by atoms with Crippen LogP contribution >= 0.6 is 0 Å². The summed E-state index contributed by atoms with van der Waals surface area (Å²) in [7, 11) is 0. The second-order valence-electron chi connectivity index (χ2n) is 7.38. The predicted molar refractivity (Wildman–Crippen MR) is 108 cm³/mol. The van der Waals surface area contributed by atoms with E-state index < -0.39 is 11.7 Å². The van der Waals surface area contributed by atoms with Crippen LogP contribution < -0.4 is 11.1 Å². The molecule has 0 radical (unpaired) electrons. The summed E-state index contributed by atoms with van der Waals surface area (Å²) in [5.74, 6) is -1.22. The molecule has 1 aliphatic heterocycles. The number of aryl methyl sites for hydroxylation is 1. The lowest BCUT2D eigenvalue weighted by Crippen LogP contribution is -2.51. The topological polar surface area (TPSA) is 75.4 Å². The molecule has 0 bridgehead atoms. The summed E-state index contributed by atoms with van der Waals surface area (Å²) >= 11 is 0. The van der Waals surface area contributed by atoms with Crippen molar-refractivity contribution in [3.8, 4) is 0 Å². The molecule has 2 aromatic carbocycles. The van der Waals surface area contributed by atoms with Gasteiger partial charge in [0.15, 0.2) is 0 Å². The second-order valence-corrected chi connectivity index (χ2v) is 7.38. The van der Waals surface area contributed by atoms with Gasteiger partial charge in [-0.05, 0) is 62.9 Å². The lowest BCUT2D eigenvalue weighted by atomic mass is 9.95. The summed E-state index contributed by atoms with van der Waals surface area (Å²) in [6, 6.07) is 10.9. The number of nitrogens with two attached hydrogens (primary N) is 1. The van der Waals surface area contributed by atoms with E-state index in [0.717, 1.165) is 24.8 Å². The van der Waals surface area contributed by atoms with Gasteiger partial charge in [-0.2, -0.15) is 0 Å². The number of nitrogens with zero attached hydrogens (tertiary/aromatic N) is 1. The molecule has 1 fully saturated rings. The smallest absolute Gasteiger partial charge is 0.258 e. The van der Waals surface area contributed by atoms with Crippen molar-refractivity contribution < 1.29 is 14.0 Å². The molecule has 6 heteroatoms. The summed E-state index contributed by atoms with van der Waals surface area (Å²) in [6.45, 7) is 4.43. The minimum atomic E-state index is -0.585. The molecule has 2 aromatic rings. The molecule has 3 N–H and O–H groups in total. The SMILES string of the molecule is Cc1ccc(C(=O)N2CCCCC2C(C)N)cc1NC(=O)c1ccccc1F. The number of piperidine rings is 1. The Labute approximate surface area is 164 Å². The van der Waals surface area contributed by atoms with Crippen LogP contribution in [0.4, 0.5) is 10.1 Å². The van der Waals surface area contributed by atoms with Crippen molar-refractivity contribution in [2.75, 3.05) is 11.9 Å². The molecule has 0 spiro atoms. The van der Waals surface area contributed by atoms with Crippen LogP contribution in [0.3, 0.4) is 0 Å². The molecule has 2 unspecified atom stereocenters. The Morgan fingerprint density at radius 3 is 2.68 bits per heavy atom. The van der Waals surface area contributed by atoms with Gasteiger partial charge < -0.3 is 16.0 Å². The third-order valence-corrected chi connectivity index (χ3v) is 5.27. The van der Waals surface area contributed by atoms with Gasteiger partial charge in [0, 0.05) is 29.9 Å². The number of anilines is 1. The van der Waals surface area contributed by atoms with Crippen LogP contribution in [0.15, 0.2) is 42.5 Å². The molecule has 3 rings (SSSR count). The van der Waals surface area contributed by atoms with E-state index in [-0.39, 0.29) is 23.6 Å². The molecule has 28 heavy (non-hydrogen) atoms. The van der Waals surface area contributed by atoms with Crippen molar-refractivity contribution in [2.24, 2.45) is 5.73 Å². The molecule has 0 aliphatic carbocycles. The van der Waals surface area contributed by atoms with Crippen molar-refractivity contribution in [3.63, 3.8) is 0 Å². The Kier molecular flexibility index (Phi) is 6.09. The molecule has 1 aliphatic rings. The first-order valence-corrected chi connectivity index (χ1v) is 9.61. The van der Waals surface area contributed by atoms with E-state index >= 15 is 0 Å². The van der Waals surface area contributed by atoms with E-state index in [1.807, 2.05) is 18.7 Å². The van der Waals surface area contributed by atoms with Crippen molar-refractivity contribution in [3.05, 3.63) is 65.0 Å². The molecule has 2 atom stereocenters. The first-order valence-electron chi connectivity index (χ1n) is 9.61. The minimum absolute atomic E-state index is 0.0130. The average Bonchev–Trinajstić information content (AvgIpc) is 2.69. The van der Waals surface area contributed by atoms with Gasteiger partial charge in [0.05, 0.1) is 5.56 Å².